The Balaban J connectivity index is 2.38. The highest BCUT2D eigenvalue weighted by atomic mass is 79.9. The van der Waals surface area contributed by atoms with Crippen LogP contribution in [0.25, 0.3) is 0 Å². The smallest absolute Gasteiger partial charge is 0.327 e. The predicted octanol–water partition coefficient (Wildman–Crippen LogP) is 2.90. The number of halogens is 2. The number of carbonyl (C=O) groups excluding carboxylic acids is 1. The molecule has 2 rings (SSSR count). The van der Waals surface area contributed by atoms with Gasteiger partial charge in [0.15, 0.2) is 0 Å². The van der Waals surface area contributed by atoms with Crippen LogP contribution in [-0.4, -0.2) is 31.1 Å². The molecule has 0 radical (unpaired) electrons. The van der Waals surface area contributed by atoms with Crippen molar-refractivity contribution < 1.29 is 13.9 Å². The topological polar surface area (TPSA) is 29.5 Å². The fraction of sp³-hybridized carbons (Fsp3) is 0.462. The van der Waals surface area contributed by atoms with Crippen molar-refractivity contribution in [3.63, 3.8) is 0 Å². The minimum atomic E-state index is -0.681. The van der Waals surface area contributed by atoms with Gasteiger partial charge in [-0.05, 0) is 38.1 Å². The standard InChI is InChI=1S/C13H15BrFNO2/c1-16(9-4-5-9)12(13(17)18-2)10-7-8(14)3-6-11(10)15/h3,6-7,9,12H,4-5H2,1-2H3. The lowest BCUT2D eigenvalue weighted by atomic mass is 10.0. The second-order valence-corrected chi connectivity index (χ2v) is 5.40. The molecule has 0 amide bonds. The summed E-state index contributed by atoms with van der Waals surface area (Å²) in [7, 11) is 3.16. The Bertz CT molecular complexity index is 462. The summed E-state index contributed by atoms with van der Waals surface area (Å²) in [6.07, 6.45) is 2.08. The minimum absolute atomic E-state index is 0.340. The Kier molecular flexibility index (Phi) is 4.02. The molecule has 1 unspecified atom stereocenters. The third-order valence-electron chi connectivity index (χ3n) is 3.21. The van der Waals surface area contributed by atoms with E-state index in [4.69, 9.17) is 4.74 Å². The zero-order valence-corrected chi connectivity index (χ0v) is 11.9. The fourth-order valence-corrected chi connectivity index (χ4v) is 2.42. The lowest BCUT2D eigenvalue weighted by molar-refractivity contribution is -0.147. The number of hydrogen-bond donors (Lipinski definition) is 0. The Hall–Kier alpha value is -0.940. The van der Waals surface area contributed by atoms with Crippen molar-refractivity contribution in [2.45, 2.75) is 24.9 Å². The van der Waals surface area contributed by atoms with Gasteiger partial charge >= 0.3 is 5.97 Å². The molecule has 0 N–H and O–H groups in total. The Morgan fingerprint density at radius 2 is 2.22 bits per heavy atom. The first-order valence-electron chi connectivity index (χ1n) is 5.79. The molecule has 1 aromatic carbocycles. The van der Waals surface area contributed by atoms with E-state index in [9.17, 15) is 9.18 Å². The highest BCUT2D eigenvalue weighted by Gasteiger charge is 2.37. The third kappa shape index (κ3) is 2.72. The summed E-state index contributed by atoms with van der Waals surface area (Å²) >= 11 is 3.30. The molecule has 3 nitrogen and oxygen atoms in total. The van der Waals surface area contributed by atoms with Gasteiger partial charge < -0.3 is 4.74 Å². The van der Waals surface area contributed by atoms with Gasteiger partial charge in [0, 0.05) is 16.1 Å². The summed E-state index contributed by atoms with van der Waals surface area (Å²) < 4.78 is 19.5. The highest BCUT2D eigenvalue weighted by Crippen LogP contribution is 2.35. The van der Waals surface area contributed by atoms with Gasteiger partial charge in [-0.3, -0.25) is 4.90 Å². The molecule has 1 atom stereocenters. The summed E-state index contributed by atoms with van der Waals surface area (Å²) in [5.41, 5.74) is 0.352. The molecule has 0 aliphatic heterocycles. The average Bonchev–Trinajstić information content (AvgIpc) is 3.17. The monoisotopic (exact) mass is 315 g/mol. The van der Waals surface area contributed by atoms with E-state index in [-0.39, 0.29) is 5.82 Å². The van der Waals surface area contributed by atoms with Crippen LogP contribution in [0.15, 0.2) is 22.7 Å². The van der Waals surface area contributed by atoms with Gasteiger partial charge in [0.05, 0.1) is 7.11 Å². The van der Waals surface area contributed by atoms with Crippen LogP contribution >= 0.6 is 15.9 Å². The molecule has 5 heteroatoms. The normalized spacial score (nSPS) is 16.7. The van der Waals surface area contributed by atoms with Gasteiger partial charge in [-0.1, -0.05) is 15.9 Å². The Labute approximate surface area is 114 Å². The second-order valence-electron chi connectivity index (χ2n) is 4.49. The maximum atomic E-state index is 13.9. The highest BCUT2D eigenvalue weighted by molar-refractivity contribution is 9.10. The number of ether oxygens (including phenoxy) is 1. The second kappa shape index (κ2) is 5.36. The molecule has 1 aliphatic carbocycles. The van der Waals surface area contributed by atoms with E-state index in [0.29, 0.717) is 11.6 Å². The van der Waals surface area contributed by atoms with Gasteiger partial charge in [0.25, 0.3) is 0 Å². The number of hydrogen-bond acceptors (Lipinski definition) is 3. The summed E-state index contributed by atoms with van der Waals surface area (Å²) in [5.74, 6) is -0.817. The first kappa shape index (κ1) is 13.5. The number of carbonyl (C=O) groups is 1. The molecule has 98 valence electrons. The van der Waals surface area contributed by atoms with E-state index in [1.807, 2.05) is 11.9 Å². The summed E-state index contributed by atoms with van der Waals surface area (Å²) in [6.45, 7) is 0. The maximum absolute atomic E-state index is 13.9. The summed E-state index contributed by atoms with van der Waals surface area (Å²) in [4.78, 5) is 13.8. The third-order valence-corrected chi connectivity index (χ3v) is 3.70. The van der Waals surface area contributed by atoms with Crippen molar-refractivity contribution in [2.24, 2.45) is 0 Å². The van der Waals surface area contributed by atoms with Crippen molar-refractivity contribution >= 4 is 21.9 Å². The molecular weight excluding hydrogens is 301 g/mol. The van der Waals surface area contributed by atoms with Crippen LogP contribution in [0, 0.1) is 5.82 Å². The minimum Gasteiger partial charge on any atom is -0.468 e. The maximum Gasteiger partial charge on any atom is 0.327 e. The summed E-state index contributed by atoms with van der Waals surface area (Å²) in [5, 5.41) is 0. The molecule has 0 bridgehead atoms. The van der Waals surface area contributed by atoms with Gasteiger partial charge in [-0.15, -0.1) is 0 Å². The van der Waals surface area contributed by atoms with Crippen LogP contribution in [-0.2, 0) is 9.53 Å². The number of rotatable bonds is 4. The van der Waals surface area contributed by atoms with Gasteiger partial charge in [-0.2, -0.15) is 0 Å². The number of esters is 1. The van der Waals surface area contributed by atoms with Crippen LogP contribution < -0.4 is 0 Å². The predicted molar refractivity (Wildman–Crippen MR) is 69.6 cm³/mol. The fourth-order valence-electron chi connectivity index (χ4n) is 2.04. The van der Waals surface area contributed by atoms with Crippen molar-refractivity contribution in [3.05, 3.63) is 34.1 Å². The van der Waals surface area contributed by atoms with Crippen LogP contribution in [0.1, 0.15) is 24.4 Å². The van der Waals surface area contributed by atoms with E-state index in [1.54, 1.807) is 12.1 Å². The zero-order chi connectivity index (χ0) is 13.3. The lowest BCUT2D eigenvalue weighted by Gasteiger charge is -2.26. The molecule has 1 aliphatic rings. The van der Waals surface area contributed by atoms with E-state index in [1.165, 1.54) is 13.2 Å². The van der Waals surface area contributed by atoms with E-state index >= 15 is 0 Å². The van der Waals surface area contributed by atoms with E-state index < -0.39 is 12.0 Å². The molecule has 1 fully saturated rings. The van der Waals surface area contributed by atoms with E-state index in [2.05, 4.69) is 15.9 Å². The van der Waals surface area contributed by atoms with E-state index in [0.717, 1.165) is 17.3 Å². The first-order valence-corrected chi connectivity index (χ1v) is 6.58. The Morgan fingerprint density at radius 1 is 1.56 bits per heavy atom. The number of benzene rings is 1. The quantitative estimate of drug-likeness (QED) is 0.800. The van der Waals surface area contributed by atoms with Crippen LogP contribution in [0.4, 0.5) is 4.39 Å². The molecular formula is C13H15BrFNO2. The molecule has 0 saturated heterocycles. The SMILES string of the molecule is COC(=O)C(c1cc(Br)ccc1F)N(C)C1CC1. The van der Waals surface area contributed by atoms with Gasteiger partial charge in [0.1, 0.15) is 11.9 Å². The molecule has 18 heavy (non-hydrogen) atoms. The van der Waals surface area contributed by atoms with Gasteiger partial charge in [0.2, 0.25) is 0 Å². The molecule has 1 saturated carbocycles. The van der Waals surface area contributed by atoms with Crippen LogP contribution in [0.5, 0.6) is 0 Å². The molecule has 0 aromatic heterocycles. The number of nitrogens with zero attached hydrogens (tertiary/aromatic N) is 1. The molecule has 0 heterocycles. The van der Waals surface area contributed by atoms with Crippen molar-refractivity contribution in [1.29, 1.82) is 0 Å². The van der Waals surface area contributed by atoms with Crippen LogP contribution in [0.3, 0.4) is 0 Å². The van der Waals surface area contributed by atoms with Crippen molar-refractivity contribution in [2.75, 3.05) is 14.2 Å². The largest absolute Gasteiger partial charge is 0.468 e. The number of likely N-dealkylation sites (N-methyl/N-ethyl adjacent to an activating group) is 1. The van der Waals surface area contributed by atoms with Gasteiger partial charge in [-0.25, -0.2) is 9.18 Å². The molecule has 1 aromatic rings. The van der Waals surface area contributed by atoms with Crippen molar-refractivity contribution in [3.8, 4) is 0 Å². The number of methoxy groups -OCH3 is 1. The van der Waals surface area contributed by atoms with Crippen LogP contribution in [0.2, 0.25) is 0 Å². The first-order chi connectivity index (χ1) is 8.54. The summed E-state index contributed by atoms with van der Waals surface area (Å²) in [6, 6.07) is 4.27. The molecule has 0 spiro atoms. The lowest BCUT2D eigenvalue weighted by Crippen LogP contribution is -2.34. The average molecular weight is 316 g/mol. The Morgan fingerprint density at radius 3 is 2.78 bits per heavy atom. The zero-order valence-electron chi connectivity index (χ0n) is 10.3. The van der Waals surface area contributed by atoms with Crippen molar-refractivity contribution in [1.82, 2.24) is 4.90 Å².